The van der Waals surface area contributed by atoms with Gasteiger partial charge in [-0.15, -0.1) is 11.3 Å². The van der Waals surface area contributed by atoms with E-state index in [-0.39, 0.29) is 22.6 Å². The molecule has 1 aliphatic carbocycles. The first kappa shape index (κ1) is 15.6. The molecule has 0 aliphatic heterocycles. The summed E-state index contributed by atoms with van der Waals surface area (Å²) in [6, 6.07) is 0. The van der Waals surface area contributed by atoms with Crippen molar-refractivity contribution in [2.45, 2.75) is 26.2 Å². The number of anilines is 2. The van der Waals surface area contributed by atoms with E-state index >= 15 is 0 Å². The lowest BCUT2D eigenvalue weighted by molar-refractivity contribution is 0.0833. The van der Waals surface area contributed by atoms with E-state index in [0.29, 0.717) is 9.88 Å². The highest BCUT2D eigenvalue weighted by atomic mass is 32.1. The van der Waals surface area contributed by atoms with Crippen LogP contribution in [0.4, 0.5) is 10.7 Å². The van der Waals surface area contributed by atoms with Crippen LogP contribution in [0.5, 0.6) is 0 Å². The normalized spacial score (nSPS) is 16.1. The minimum absolute atomic E-state index is 0.174. The molecule has 116 valence electrons. The molecular weight excluding hydrogens is 288 g/mol. The van der Waals surface area contributed by atoms with Crippen molar-refractivity contribution in [1.82, 2.24) is 4.90 Å². The molecule has 0 saturated heterocycles. The number of nitrogens with two attached hydrogens (primary N) is 2. The van der Waals surface area contributed by atoms with E-state index in [2.05, 4.69) is 12.2 Å². The van der Waals surface area contributed by atoms with Gasteiger partial charge in [0, 0.05) is 20.6 Å². The van der Waals surface area contributed by atoms with Crippen molar-refractivity contribution in [3.05, 3.63) is 10.4 Å². The Balaban J connectivity index is 2.28. The molecular formula is C14H22N4O2S. The lowest BCUT2D eigenvalue weighted by Gasteiger charge is -2.38. The van der Waals surface area contributed by atoms with Crippen LogP contribution in [-0.2, 0) is 0 Å². The van der Waals surface area contributed by atoms with Gasteiger partial charge in [0.05, 0.1) is 11.3 Å². The molecule has 0 aromatic carbocycles. The van der Waals surface area contributed by atoms with Crippen LogP contribution in [0.2, 0.25) is 0 Å². The lowest BCUT2D eigenvalue weighted by atomic mass is 9.70. The number of nitrogens with one attached hydrogen (secondary N) is 1. The van der Waals surface area contributed by atoms with Crippen LogP contribution < -0.4 is 16.8 Å². The van der Waals surface area contributed by atoms with Crippen LogP contribution in [0.1, 0.15) is 46.2 Å². The summed E-state index contributed by atoms with van der Waals surface area (Å²) in [5, 5.41) is 3.85. The summed E-state index contributed by atoms with van der Waals surface area (Å²) in [6.45, 7) is 2.96. The van der Waals surface area contributed by atoms with Crippen molar-refractivity contribution >= 4 is 33.8 Å². The second-order valence-electron chi connectivity index (χ2n) is 6.13. The minimum atomic E-state index is -0.609. The number of amides is 2. The Bertz CT molecular complexity index is 576. The highest BCUT2D eigenvalue weighted by Crippen LogP contribution is 2.42. The quantitative estimate of drug-likeness (QED) is 0.771. The smallest absolute Gasteiger partial charge is 0.265 e. The zero-order chi connectivity index (χ0) is 15.8. The second kappa shape index (κ2) is 5.55. The Morgan fingerprint density at radius 2 is 2.00 bits per heavy atom. The van der Waals surface area contributed by atoms with Gasteiger partial charge in [-0.1, -0.05) is 13.3 Å². The third-order valence-corrected chi connectivity index (χ3v) is 5.18. The van der Waals surface area contributed by atoms with Crippen molar-refractivity contribution in [3.8, 4) is 0 Å². The summed E-state index contributed by atoms with van der Waals surface area (Å²) in [7, 11) is 3.29. The fourth-order valence-electron chi connectivity index (χ4n) is 2.43. The van der Waals surface area contributed by atoms with Gasteiger partial charge in [0.15, 0.2) is 0 Å². The van der Waals surface area contributed by atoms with E-state index < -0.39 is 5.91 Å². The van der Waals surface area contributed by atoms with Gasteiger partial charge in [-0.25, -0.2) is 0 Å². The van der Waals surface area contributed by atoms with Gasteiger partial charge in [0.25, 0.3) is 11.8 Å². The molecule has 7 heteroatoms. The molecule has 0 radical (unpaired) electrons. The summed E-state index contributed by atoms with van der Waals surface area (Å²) in [6.07, 6.45) is 3.56. The van der Waals surface area contributed by atoms with Crippen LogP contribution in [0, 0.1) is 5.41 Å². The highest BCUT2D eigenvalue weighted by molar-refractivity contribution is 7.19. The number of hydrogen-bond donors (Lipinski definition) is 3. The Kier molecular flexibility index (Phi) is 4.13. The van der Waals surface area contributed by atoms with Gasteiger partial charge in [0.1, 0.15) is 9.88 Å². The van der Waals surface area contributed by atoms with Crippen LogP contribution >= 0.6 is 11.3 Å². The molecule has 0 atom stereocenters. The molecule has 1 aromatic heterocycles. The molecule has 21 heavy (non-hydrogen) atoms. The molecule has 6 nitrogen and oxygen atoms in total. The molecule has 2 amide bonds. The van der Waals surface area contributed by atoms with Crippen molar-refractivity contribution in [2.24, 2.45) is 11.1 Å². The van der Waals surface area contributed by atoms with Gasteiger partial charge >= 0.3 is 0 Å². The van der Waals surface area contributed by atoms with Gasteiger partial charge in [-0.2, -0.15) is 0 Å². The van der Waals surface area contributed by atoms with E-state index in [1.54, 1.807) is 14.1 Å². The summed E-state index contributed by atoms with van der Waals surface area (Å²) >= 11 is 1.20. The number of carbonyl (C=O) groups excluding carboxylic acids is 2. The molecule has 0 bridgehead atoms. The van der Waals surface area contributed by atoms with Crippen LogP contribution in [0.25, 0.3) is 0 Å². The Labute approximate surface area is 128 Å². The molecule has 1 aromatic rings. The number of nitrogens with zero attached hydrogens (tertiary/aromatic N) is 1. The minimum Gasteiger partial charge on any atom is -0.397 e. The SMILES string of the molecule is CN(C)C(=O)c1sc(NCC2(C)CCC2)c(C(N)=O)c1N. The maximum atomic E-state index is 12.1. The third-order valence-electron chi connectivity index (χ3n) is 4.03. The largest absolute Gasteiger partial charge is 0.397 e. The first-order chi connectivity index (χ1) is 9.75. The van der Waals surface area contributed by atoms with Crippen LogP contribution in [-0.4, -0.2) is 37.4 Å². The average molecular weight is 310 g/mol. The topological polar surface area (TPSA) is 101 Å². The molecule has 2 rings (SSSR count). The van der Waals surface area contributed by atoms with Crippen molar-refractivity contribution in [3.63, 3.8) is 0 Å². The number of carbonyl (C=O) groups is 2. The number of primary amides is 1. The molecule has 1 saturated carbocycles. The van der Waals surface area contributed by atoms with Crippen molar-refractivity contribution in [2.75, 3.05) is 31.7 Å². The van der Waals surface area contributed by atoms with E-state index in [4.69, 9.17) is 11.5 Å². The molecule has 5 N–H and O–H groups in total. The number of thiophene rings is 1. The molecule has 0 unspecified atom stereocenters. The fraction of sp³-hybridized carbons (Fsp3) is 0.571. The lowest BCUT2D eigenvalue weighted by Crippen LogP contribution is -2.33. The molecule has 1 heterocycles. The molecule has 1 fully saturated rings. The first-order valence-corrected chi connectivity index (χ1v) is 7.74. The van der Waals surface area contributed by atoms with Gasteiger partial charge in [0.2, 0.25) is 0 Å². The van der Waals surface area contributed by atoms with Gasteiger partial charge < -0.3 is 21.7 Å². The maximum Gasteiger partial charge on any atom is 0.265 e. The zero-order valence-corrected chi connectivity index (χ0v) is 13.5. The Morgan fingerprint density at radius 1 is 1.38 bits per heavy atom. The predicted molar refractivity (Wildman–Crippen MR) is 85.7 cm³/mol. The third kappa shape index (κ3) is 2.97. The van der Waals surface area contributed by atoms with E-state index in [1.807, 2.05) is 0 Å². The second-order valence-corrected chi connectivity index (χ2v) is 7.15. The predicted octanol–water partition coefficient (Wildman–Crippen LogP) is 1.73. The first-order valence-electron chi connectivity index (χ1n) is 6.93. The summed E-state index contributed by atoms with van der Waals surface area (Å²) in [5.41, 5.74) is 12.0. The number of nitrogen functional groups attached to an aromatic ring is 1. The van der Waals surface area contributed by atoms with Crippen LogP contribution in [0.3, 0.4) is 0 Å². The average Bonchev–Trinajstić information content (AvgIpc) is 2.70. The highest BCUT2D eigenvalue weighted by Gasteiger charge is 2.32. The number of rotatable bonds is 5. The fourth-order valence-corrected chi connectivity index (χ4v) is 3.57. The van der Waals surface area contributed by atoms with Gasteiger partial charge in [-0.3, -0.25) is 9.59 Å². The Hall–Kier alpha value is -1.76. The number of hydrogen-bond acceptors (Lipinski definition) is 5. The van der Waals surface area contributed by atoms with Crippen molar-refractivity contribution in [1.29, 1.82) is 0 Å². The van der Waals surface area contributed by atoms with Crippen LogP contribution in [0.15, 0.2) is 0 Å². The van der Waals surface area contributed by atoms with Gasteiger partial charge in [-0.05, 0) is 18.3 Å². The Morgan fingerprint density at radius 3 is 2.43 bits per heavy atom. The standard InChI is InChI=1S/C14H22N4O2S/c1-14(5-4-6-14)7-17-12-8(11(16)19)9(15)10(21-12)13(20)18(2)3/h17H,4-7,15H2,1-3H3,(H2,16,19). The summed E-state index contributed by atoms with van der Waals surface area (Å²) < 4.78 is 0. The monoisotopic (exact) mass is 310 g/mol. The molecule has 1 aliphatic rings. The zero-order valence-electron chi connectivity index (χ0n) is 12.7. The van der Waals surface area contributed by atoms with E-state index in [9.17, 15) is 9.59 Å². The summed E-state index contributed by atoms with van der Waals surface area (Å²) in [5.74, 6) is -0.828. The molecule has 0 spiro atoms. The van der Waals surface area contributed by atoms with E-state index in [1.165, 1.54) is 22.7 Å². The van der Waals surface area contributed by atoms with Crippen molar-refractivity contribution < 1.29 is 9.59 Å². The summed E-state index contributed by atoms with van der Waals surface area (Å²) in [4.78, 5) is 25.5. The maximum absolute atomic E-state index is 12.1. The van der Waals surface area contributed by atoms with E-state index in [0.717, 1.165) is 19.4 Å².